The van der Waals surface area contributed by atoms with Gasteiger partial charge in [0.15, 0.2) is 0 Å². The zero-order chi connectivity index (χ0) is 15.9. The maximum atomic E-state index is 12.8. The third kappa shape index (κ3) is 4.98. The van der Waals surface area contributed by atoms with E-state index in [-0.39, 0.29) is 18.0 Å². The van der Waals surface area contributed by atoms with E-state index < -0.39 is 0 Å². The van der Waals surface area contributed by atoms with E-state index in [4.69, 9.17) is 16.3 Å². The number of halogens is 2. The summed E-state index contributed by atoms with van der Waals surface area (Å²) in [5.74, 6) is -0.300. The topological polar surface area (TPSA) is 50.4 Å². The van der Waals surface area contributed by atoms with Gasteiger partial charge >= 0.3 is 6.03 Å². The van der Waals surface area contributed by atoms with Crippen molar-refractivity contribution in [1.29, 1.82) is 0 Å². The number of urea groups is 1. The molecule has 1 heterocycles. The Labute approximate surface area is 137 Å². The maximum absolute atomic E-state index is 12.8. The molecule has 0 fully saturated rings. The molecule has 1 unspecified atom stereocenters. The second-order valence-corrected chi connectivity index (χ2v) is 6.30. The SMILES string of the molecule is COC(CNC(=O)NCc1ccc(F)cc1)c1ccc(Cl)s1. The summed E-state index contributed by atoms with van der Waals surface area (Å²) in [6, 6.07) is 9.32. The Morgan fingerprint density at radius 1 is 1.27 bits per heavy atom. The van der Waals surface area contributed by atoms with Crippen LogP contribution in [0.3, 0.4) is 0 Å². The van der Waals surface area contributed by atoms with Crippen LogP contribution in [-0.2, 0) is 11.3 Å². The fourth-order valence-electron chi connectivity index (χ4n) is 1.83. The van der Waals surface area contributed by atoms with Crippen LogP contribution in [0, 0.1) is 5.82 Å². The highest BCUT2D eigenvalue weighted by Gasteiger charge is 2.14. The lowest BCUT2D eigenvalue weighted by atomic mass is 10.2. The molecule has 0 aliphatic rings. The number of hydrogen-bond donors (Lipinski definition) is 2. The Morgan fingerprint density at radius 3 is 2.59 bits per heavy atom. The van der Waals surface area contributed by atoms with Crippen molar-refractivity contribution in [2.24, 2.45) is 0 Å². The molecule has 1 aromatic heterocycles. The van der Waals surface area contributed by atoms with Gasteiger partial charge in [0.05, 0.1) is 10.9 Å². The predicted molar refractivity (Wildman–Crippen MR) is 85.7 cm³/mol. The summed E-state index contributed by atoms with van der Waals surface area (Å²) in [5.41, 5.74) is 0.824. The van der Waals surface area contributed by atoms with Crippen LogP contribution < -0.4 is 10.6 Å². The normalized spacial score (nSPS) is 12.0. The molecule has 0 bridgehead atoms. The zero-order valence-corrected chi connectivity index (χ0v) is 13.5. The number of ether oxygens (including phenoxy) is 1. The molecular formula is C15H16ClFN2O2S. The number of amides is 2. The average molecular weight is 343 g/mol. The molecule has 0 radical (unpaired) electrons. The first-order valence-corrected chi connectivity index (χ1v) is 7.82. The number of thiophene rings is 1. The van der Waals surface area contributed by atoms with Crippen molar-refractivity contribution in [3.63, 3.8) is 0 Å². The largest absolute Gasteiger partial charge is 0.374 e. The lowest BCUT2D eigenvalue weighted by Crippen LogP contribution is -2.37. The fourth-order valence-corrected chi connectivity index (χ4v) is 2.97. The van der Waals surface area contributed by atoms with Crippen molar-refractivity contribution >= 4 is 29.0 Å². The van der Waals surface area contributed by atoms with E-state index in [0.717, 1.165) is 10.4 Å². The molecule has 7 heteroatoms. The molecule has 1 atom stereocenters. The third-order valence-electron chi connectivity index (χ3n) is 3.01. The molecule has 2 rings (SSSR count). The summed E-state index contributed by atoms with van der Waals surface area (Å²) in [4.78, 5) is 12.7. The van der Waals surface area contributed by atoms with Crippen LogP contribution in [0.4, 0.5) is 9.18 Å². The Kier molecular flexibility index (Phi) is 6.18. The first kappa shape index (κ1) is 16.7. The van der Waals surface area contributed by atoms with Crippen molar-refractivity contribution in [3.05, 3.63) is 57.0 Å². The minimum Gasteiger partial charge on any atom is -0.374 e. The highest BCUT2D eigenvalue weighted by Crippen LogP contribution is 2.28. The van der Waals surface area contributed by atoms with Crippen LogP contribution in [0.1, 0.15) is 16.5 Å². The quantitative estimate of drug-likeness (QED) is 0.840. The van der Waals surface area contributed by atoms with E-state index in [9.17, 15) is 9.18 Å². The molecule has 0 aliphatic carbocycles. The Morgan fingerprint density at radius 2 is 2.00 bits per heavy atom. The molecule has 2 amide bonds. The second-order valence-electron chi connectivity index (χ2n) is 4.56. The molecule has 2 N–H and O–H groups in total. The van der Waals surface area contributed by atoms with E-state index in [2.05, 4.69) is 10.6 Å². The summed E-state index contributed by atoms with van der Waals surface area (Å²) in [6.45, 7) is 0.664. The lowest BCUT2D eigenvalue weighted by molar-refractivity contribution is 0.107. The van der Waals surface area contributed by atoms with Gasteiger partial charge in [0.1, 0.15) is 11.9 Å². The minimum atomic E-state index is -0.311. The van der Waals surface area contributed by atoms with E-state index >= 15 is 0 Å². The molecule has 2 aromatic rings. The van der Waals surface area contributed by atoms with Crippen LogP contribution >= 0.6 is 22.9 Å². The summed E-state index contributed by atoms with van der Waals surface area (Å²) in [6.07, 6.45) is -0.242. The summed E-state index contributed by atoms with van der Waals surface area (Å²) < 4.78 is 18.8. The highest BCUT2D eigenvalue weighted by molar-refractivity contribution is 7.16. The predicted octanol–water partition coefficient (Wildman–Crippen LogP) is 3.73. The van der Waals surface area contributed by atoms with Crippen molar-refractivity contribution in [3.8, 4) is 0 Å². The number of rotatable bonds is 6. The summed E-state index contributed by atoms with van der Waals surface area (Å²) in [7, 11) is 1.58. The number of benzene rings is 1. The maximum Gasteiger partial charge on any atom is 0.315 e. The monoisotopic (exact) mass is 342 g/mol. The molecule has 0 spiro atoms. The Balaban J connectivity index is 1.78. The number of hydrogen-bond acceptors (Lipinski definition) is 3. The van der Waals surface area contributed by atoms with E-state index in [1.165, 1.54) is 23.5 Å². The molecule has 4 nitrogen and oxygen atoms in total. The number of methoxy groups -OCH3 is 1. The Bertz CT molecular complexity index is 618. The number of nitrogens with one attached hydrogen (secondary N) is 2. The van der Waals surface area contributed by atoms with Gasteiger partial charge in [-0.1, -0.05) is 23.7 Å². The van der Waals surface area contributed by atoms with Crippen molar-refractivity contribution in [2.75, 3.05) is 13.7 Å². The van der Waals surface area contributed by atoms with Gasteiger partial charge in [0.2, 0.25) is 0 Å². The Hall–Kier alpha value is -1.63. The van der Waals surface area contributed by atoms with Gasteiger partial charge in [0, 0.05) is 18.5 Å². The van der Waals surface area contributed by atoms with Crippen LogP contribution in [-0.4, -0.2) is 19.7 Å². The van der Waals surface area contributed by atoms with Crippen LogP contribution in [0.5, 0.6) is 0 Å². The van der Waals surface area contributed by atoms with Gasteiger partial charge < -0.3 is 15.4 Å². The average Bonchev–Trinajstić information content (AvgIpc) is 2.94. The van der Waals surface area contributed by atoms with Gasteiger partial charge in [-0.15, -0.1) is 11.3 Å². The van der Waals surface area contributed by atoms with Crippen LogP contribution in [0.25, 0.3) is 0 Å². The van der Waals surface area contributed by atoms with Crippen LogP contribution in [0.15, 0.2) is 36.4 Å². The highest BCUT2D eigenvalue weighted by atomic mass is 35.5. The molecule has 0 saturated carbocycles. The van der Waals surface area contributed by atoms with Gasteiger partial charge in [0.25, 0.3) is 0 Å². The lowest BCUT2D eigenvalue weighted by Gasteiger charge is -2.15. The van der Waals surface area contributed by atoms with E-state index in [1.54, 1.807) is 25.3 Å². The van der Waals surface area contributed by atoms with Crippen LogP contribution in [0.2, 0.25) is 4.34 Å². The van der Waals surface area contributed by atoms with Crippen molar-refractivity contribution in [2.45, 2.75) is 12.6 Å². The first-order chi connectivity index (χ1) is 10.6. The molecule has 118 valence electrons. The molecular weight excluding hydrogens is 327 g/mol. The second kappa shape index (κ2) is 8.12. The fraction of sp³-hybridized carbons (Fsp3) is 0.267. The molecule has 1 aromatic carbocycles. The van der Waals surface area contributed by atoms with Gasteiger partial charge in [-0.2, -0.15) is 0 Å². The number of carbonyl (C=O) groups is 1. The zero-order valence-electron chi connectivity index (χ0n) is 11.9. The molecule has 0 aliphatic heterocycles. The van der Waals surface area contributed by atoms with Crippen molar-refractivity contribution < 1.29 is 13.9 Å². The third-order valence-corrected chi connectivity index (χ3v) is 4.33. The smallest absolute Gasteiger partial charge is 0.315 e. The van der Waals surface area contributed by atoms with Gasteiger partial charge in [-0.25, -0.2) is 9.18 Å². The standard InChI is InChI=1S/C15H16ClFN2O2S/c1-21-12(13-6-7-14(16)22-13)9-19-15(20)18-8-10-2-4-11(17)5-3-10/h2-7,12H,8-9H2,1H3,(H2,18,19,20). The van der Waals surface area contributed by atoms with Crippen molar-refractivity contribution in [1.82, 2.24) is 10.6 Å². The van der Waals surface area contributed by atoms with Gasteiger partial charge in [-0.05, 0) is 29.8 Å². The minimum absolute atomic E-state index is 0.242. The van der Waals surface area contributed by atoms with Gasteiger partial charge in [-0.3, -0.25) is 0 Å². The van der Waals surface area contributed by atoms with E-state index in [0.29, 0.717) is 17.4 Å². The molecule has 0 saturated heterocycles. The number of carbonyl (C=O) groups excluding carboxylic acids is 1. The molecule has 22 heavy (non-hydrogen) atoms. The van der Waals surface area contributed by atoms with E-state index in [1.807, 2.05) is 6.07 Å². The first-order valence-electron chi connectivity index (χ1n) is 6.62. The summed E-state index contributed by atoms with van der Waals surface area (Å²) in [5, 5.41) is 5.44. The summed E-state index contributed by atoms with van der Waals surface area (Å²) >= 11 is 7.31.